The van der Waals surface area contributed by atoms with E-state index in [1.165, 1.54) is 18.2 Å². The molecule has 2 aromatic rings. The highest BCUT2D eigenvalue weighted by molar-refractivity contribution is 5.21. The zero-order valence-electron chi connectivity index (χ0n) is 10.9. The highest BCUT2D eigenvalue weighted by Gasteiger charge is 2.13. The molecule has 0 bridgehead atoms. The van der Waals surface area contributed by atoms with Crippen LogP contribution in [0.3, 0.4) is 0 Å². The molecule has 0 aliphatic carbocycles. The van der Waals surface area contributed by atoms with Gasteiger partial charge >= 0.3 is 0 Å². The summed E-state index contributed by atoms with van der Waals surface area (Å²) in [5, 5.41) is 12.6. The van der Waals surface area contributed by atoms with Gasteiger partial charge in [-0.2, -0.15) is 0 Å². The molecular weight excluding hydrogens is 286 g/mol. The number of hydrogen-bond acceptors (Lipinski definition) is 2. The van der Waals surface area contributed by atoms with Crippen LogP contribution in [0, 0.1) is 23.3 Å². The van der Waals surface area contributed by atoms with Crippen molar-refractivity contribution < 1.29 is 22.7 Å². The van der Waals surface area contributed by atoms with E-state index >= 15 is 0 Å². The Hall–Kier alpha value is -1.92. The van der Waals surface area contributed by atoms with Gasteiger partial charge in [-0.05, 0) is 23.8 Å². The van der Waals surface area contributed by atoms with Crippen molar-refractivity contribution in [3.05, 3.63) is 70.8 Å². The molecule has 2 aromatic carbocycles. The molecule has 112 valence electrons. The normalized spacial score (nSPS) is 12.4. The van der Waals surface area contributed by atoms with Gasteiger partial charge in [0.15, 0.2) is 17.5 Å². The van der Waals surface area contributed by atoms with Gasteiger partial charge in [0.2, 0.25) is 0 Å². The SMILES string of the molecule is OC(CNCc1cc(F)c(F)c(F)c1)c1ccccc1F. The van der Waals surface area contributed by atoms with Gasteiger partial charge in [0.1, 0.15) is 5.82 Å². The summed E-state index contributed by atoms with van der Waals surface area (Å²) in [6.07, 6.45) is -1.10. The molecule has 1 atom stereocenters. The first kappa shape index (κ1) is 15.5. The minimum absolute atomic E-state index is 0.0124. The number of rotatable bonds is 5. The Balaban J connectivity index is 1.94. The van der Waals surface area contributed by atoms with E-state index in [-0.39, 0.29) is 24.2 Å². The third kappa shape index (κ3) is 3.80. The van der Waals surface area contributed by atoms with Gasteiger partial charge in [0.05, 0.1) is 6.10 Å². The molecule has 0 heterocycles. The van der Waals surface area contributed by atoms with E-state index in [9.17, 15) is 22.7 Å². The molecule has 0 saturated heterocycles. The van der Waals surface area contributed by atoms with Crippen molar-refractivity contribution in [3.63, 3.8) is 0 Å². The van der Waals surface area contributed by atoms with Gasteiger partial charge in [-0.1, -0.05) is 18.2 Å². The summed E-state index contributed by atoms with van der Waals surface area (Å²) in [6.45, 7) is 0.00117. The first-order chi connectivity index (χ1) is 9.99. The smallest absolute Gasteiger partial charge is 0.194 e. The largest absolute Gasteiger partial charge is 0.387 e. The van der Waals surface area contributed by atoms with E-state index in [0.29, 0.717) is 0 Å². The number of benzene rings is 2. The average molecular weight is 299 g/mol. The predicted molar refractivity (Wildman–Crippen MR) is 69.4 cm³/mol. The molecule has 0 aromatic heterocycles. The second kappa shape index (κ2) is 6.69. The minimum Gasteiger partial charge on any atom is -0.387 e. The highest BCUT2D eigenvalue weighted by atomic mass is 19.2. The van der Waals surface area contributed by atoms with Crippen LogP contribution in [0.15, 0.2) is 36.4 Å². The van der Waals surface area contributed by atoms with Gasteiger partial charge in [-0.15, -0.1) is 0 Å². The van der Waals surface area contributed by atoms with Crippen molar-refractivity contribution in [1.29, 1.82) is 0 Å². The zero-order valence-corrected chi connectivity index (χ0v) is 10.9. The van der Waals surface area contributed by atoms with E-state index in [4.69, 9.17) is 0 Å². The van der Waals surface area contributed by atoms with Crippen LogP contribution < -0.4 is 5.32 Å². The molecule has 0 saturated carbocycles. The Morgan fingerprint density at radius 3 is 2.19 bits per heavy atom. The van der Waals surface area contributed by atoms with E-state index < -0.39 is 29.4 Å². The summed E-state index contributed by atoms with van der Waals surface area (Å²) in [7, 11) is 0. The van der Waals surface area contributed by atoms with Crippen molar-refractivity contribution in [2.45, 2.75) is 12.6 Å². The van der Waals surface area contributed by atoms with Crippen LogP contribution in [-0.4, -0.2) is 11.7 Å². The molecule has 0 amide bonds. The summed E-state index contributed by atoms with van der Waals surface area (Å²) in [4.78, 5) is 0. The van der Waals surface area contributed by atoms with Crippen molar-refractivity contribution in [3.8, 4) is 0 Å². The summed E-state index contributed by atoms with van der Waals surface area (Å²) >= 11 is 0. The van der Waals surface area contributed by atoms with Gasteiger partial charge in [-0.3, -0.25) is 0 Å². The molecular formula is C15H13F4NO. The third-order valence-corrected chi connectivity index (χ3v) is 2.97. The molecule has 2 rings (SSSR count). The van der Waals surface area contributed by atoms with E-state index in [1.54, 1.807) is 6.07 Å². The fraction of sp³-hybridized carbons (Fsp3) is 0.200. The summed E-state index contributed by atoms with van der Waals surface area (Å²) < 4.78 is 52.2. The maximum Gasteiger partial charge on any atom is 0.194 e. The van der Waals surface area contributed by atoms with Crippen molar-refractivity contribution in [2.75, 3.05) is 6.54 Å². The lowest BCUT2D eigenvalue weighted by molar-refractivity contribution is 0.169. The van der Waals surface area contributed by atoms with Crippen LogP contribution in [0.25, 0.3) is 0 Å². The van der Waals surface area contributed by atoms with Crippen molar-refractivity contribution >= 4 is 0 Å². The third-order valence-electron chi connectivity index (χ3n) is 2.97. The fourth-order valence-electron chi connectivity index (χ4n) is 1.92. The standard InChI is InChI=1S/C15H13F4NO/c16-11-4-2-1-3-10(11)14(21)8-20-7-9-5-12(17)15(19)13(18)6-9/h1-6,14,20-21H,7-8H2. The van der Waals surface area contributed by atoms with E-state index in [1.807, 2.05) is 0 Å². The zero-order chi connectivity index (χ0) is 15.4. The van der Waals surface area contributed by atoms with E-state index in [0.717, 1.165) is 12.1 Å². The van der Waals surface area contributed by atoms with Gasteiger partial charge < -0.3 is 10.4 Å². The molecule has 2 N–H and O–H groups in total. The quantitative estimate of drug-likeness (QED) is 0.657. The maximum atomic E-state index is 13.4. The van der Waals surface area contributed by atoms with Crippen LogP contribution in [0.2, 0.25) is 0 Å². The van der Waals surface area contributed by atoms with Gasteiger partial charge in [0.25, 0.3) is 0 Å². The summed E-state index contributed by atoms with van der Waals surface area (Å²) in [6, 6.07) is 7.49. The second-order valence-corrected chi connectivity index (χ2v) is 4.54. The molecule has 0 aliphatic heterocycles. The molecule has 2 nitrogen and oxygen atoms in total. The number of halogens is 4. The van der Waals surface area contributed by atoms with Crippen molar-refractivity contribution in [1.82, 2.24) is 5.32 Å². The first-order valence-electron chi connectivity index (χ1n) is 6.25. The maximum absolute atomic E-state index is 13.4. The summed E-state index contributed by atoms with van der Waals surface area (Å²) in [5.41, 5.74) is 0.314. The molecule has 0 radical (unpaired) electrons. The average Bonchev–Trinajstić information content (AvgIpc) is 2.45. The Labute approximate surface area is 119 Å². The fourth-order valence-corrected chi connectivity index (χ4v) is 1.92. The minimum atomic E-state index is -1.52. The lowest BCUT2D eigenvalue weighted by Crippen LogP contribution is -2.22. The van der Waals surface area contributed by atoms with Crippen LogP contribution in [0.1, 0.15) is 17.2 Å². The number of hydrogen-bond donors (Lipinski definition) is 2. The van der Waals surface area contributed by atoms with Gasteiger partial charge in [0, 0.05) is 18.7 Å². The number of aliphatic hydroxyl groups excluding tert-OH is 1. The van der Waals surface area contributed by atoms with Crippen LogP contribution in [-0.2, 0) is 6.54 Å². The Bertz CT molecular complexity index is 610. The van der Waals surface area contributed by atoms with Crippen molar-refractivity contribution in [2.24, 2.45) is 0 Å². The number of nitrogens with one attached hydrogen (secondary N) is 1. The monoisotopic (exact) mass is 299 g/mol. The van der Waals surface area contributed by atoms with Crippen LogP contribution >= 0.6 is 0 Å². The van der Waals surface area contributed by atoms with Crippen LogP contribution in [0.5, 0.6) is 0 Å². The Morgan fingerprint density at radius 1 is 0.952 bits per heavy atom. The summed E-state index contributed by atoms with van der Waals surface area (Å²) in [5.74, 6) is -4.61. The van der Waals surface area contributed by atoms with E-state index in [2.05, 4.69) is 5.32 Å². The topological polar surface area (TPSA) is 32.3 Å². The Kier molecular flexibility index (Phi) is 4.93. The highest BCUT2D eigenvalue weighted by Crippen LogP contribution is 2.16. The first-order valence-corrected chi connectivity index (χ1v) is 6.25. The van der Waals surface area contributed by atoms with Gasteiger partial charge in [-0.25, -0.2) is 17.6 Å². The molecule has 6 heteroatoms. The Morgan fingerprint density at radius 2 is 1.57 bits per heavy atom. The molecule has 0 fully saturated rings. The lowest BCUT2D eigenvalue weighted by atomic mass is 10.1. The number of aliphatic hydroxyl groups is 1. The second-order valence-electron chi connectivity index (χ2n) is 4.54. The van der Waals surface area contributed by atoms with Crippen LogP contribution in [0.4, 0.5) is 17.6 Å². The molecule has 21 heavy (non-hydrogen) atoms. The molecule has 0 aliphatic rings. The predicted octanol–water partition coefficient (Wildman–Crippen LogP) is 3.07. The molecule has 0 spiro atoms. The lowest BCUT2D eigenvalue weighted by Gasteiger charge is -2.13. The molecule has 1 unspecified atom stereocenters.